The molecule has 1 aromatic rings. The Hall–Kier alpha value is -0.610. The Bertz CT molecular complexity index is 316. The highest BCUT2D eigenvalue weighted by atomic mass is 35.7. The SMILES string of the molecule is COc1c(F)cccc1S(=O)Cl. The van der Waals surface area contributed by atoms with Crippen LogP contribution in [0.4, 0.5) is 4.39 Å². The van der Waals surface area contributed by atoms with Gasteiger partial charge in [-0.25, -0.2) is 8.60 Å². The highest BCUT2D eigenvalue weighted by molar-refractivity contribution is 8.08. The Kier molecular flexibility index (Phi) is 3.05. The number of halogens is 2. The summed E-state index contributed by atoms with van der Waals surface area (Å²) in [6.45, 7) is 0. The van der Waals surface area contributed by atoms with E-state index in [0.29, 0.717) is 0 Å². The lowest BCUT2D eigenvalue weighted by Gasteiger charge is -2.04. The summed E-state index contributed by atoms with van der Waals surface area (Å²) in [7, 11) is 4.84. The molecule has 1 unspecified atom stereocenters. The van der Waals surface area contributed by atoms with Crippen molar-refractivity contribution >= 4 is 20.7 Å². The van der Waals surface area contributed by atoms with Crippen LogP contribution in [0.5, 0.6) is 5.75 Å². The van der Waals surface area contributed by atoms with Gasteiger partial charge in [-0.3, -0.25) is 0 Å². The second-order valence-corrected chi connectivity index (χ2v) is 3.72. The normalized spacial score (nSPS) is 12.6. The molecule has 1 aromatic carbocycles. The summed E-state index contributed by atoms with van der Waals surface area (Å²) >= 11 is 0. The molecule has 12 heavy (non-hydrogen) atoms. The minimum absolute atomic E-state index is 0.0640. The summed E-state index contributed by atoms with van der Waals surface area (Å²) in [5.74, 6) is -0.630. The van der Waals surface area contributed by atoms with E-state index in [9.17, 15) is 8.60 Å². The number of benzene rings is 1. The van der Waals surface area contributed by atoms with Crippen molar-refractivity contribution in [3.8, 4) is 5.75 Å². The van der Waals surface area contributed by atoms with Crippen molar-refractivity contribution in [3.63, 3.8) is 0 Å². The molecule has 2 nitrogen and oxygen atoms in total. The highest BCUT2D eigenvalue weighted by Gasteiger charge is 2.12. The fraction of sp³-hybridized carbons (Fsp3) is 0.143. The Morgan fingerprint density at radius 1 is 1.58 bits per heavy atom. The van der Waals surface area contributed by atoms with Gasteiger partial charge in [-0.2, -0.15) is 0 Å². The van der Waals surface area contributed by atoms with E-state index >= 15 is 0 Å². The van der Waals surface area contributed by atoms with Crippen molar-refractivity contribution in [1.82, 2.24) is 0 Å². The van der Waals surface area contributed by atoms with Gasteiger partial charge in [0.05, 0.1) is 12.0 Å². The molecule has 0 spiro atoms. The van der Waals surface area contributed by atoms with Crippen LogP contribution in [0.25, 0.3) is 0 Å². The minimum Gasteiger partial charge on any atom is -0.492 e. The van der Waals surface area contributed by atoms with E-state index in [0.717, 1.165) is 0 Å². The Morgan fingerprint density at radius 2 is 2.25 bits per heavy atom. The van der Waals surface area contributed by atoms with E-state index in [1.54, 1.807) is 0 Å². The molecule has 0 N–H and O–H groups in total. The van der Waals surface area contributed by atoms with E-state index in [1.165, 1.54) is 25.3 Å². The van der Waals surface area contributed by atoms with Crippen molar-refractivity contribution in [3.05, 3.63) is 24.0 Å². The maximum Gasteiger partial charge on any atom is 0.171 e. The average molecular weight is 209 g/mol. The van der Waals surface area contributed by atoms with Gasteiger partial charge in [-0.05, 0) is 22.8 Å². The largest absolute Gasteiger partial charge is 0.492 e. The summed E-state index contributed by atoms with van der Waals surface area (Å²) in [6, 6.07) is 4.09. The van der Waals surface area contributed by atoms with Crippen LogP contribution in [0, 0.1) is 5.82 Å². The standard InChI is InChI=1S/C7H6ClFO2S/c1-11-7-5(9)3-2-4-6(7)12(8)10/h2-4H,1H3. The zero-order valence-electron chi connectivity index (χ0n) is 6.21. The molecule has 0 aromatic heterocycles. The summed E-state index contributed by atoms with van der Waals surface area (Å²) in [5.41, 5.74) is 0. The third kappa shape index (κ3) is 1.76. The summed E-state index contributed by atoms with van der Waals surface area (Å²) in [5, 5.41) is 0. The summed E-state index contributed by atoms with van der Waals surface area (Å²) in [4.78, 5) is 0.152. The molecule has 5 heteroatoms. The van der Waals surface area contributed by atoms with Gasteiger partial charge in [0.25, 0.3) is 0 Å². The van der Waals surface area contributed by atoms with Gasteiger partial charge in [0.15, 0.2) is 21.6 Å². The summed E-state index contributed by atoms with van der Waals surface area (Å²) < 4.78 is 28.4. The Labute approximate surface area is 76.3 Å². The van der Waals surface area contributed by atoms with Gasteiger partial charge in [0, 0.05) is 0 Å². The molecule has 1 atom stereocenters. The molecule has 0 aliphatic heterocycles. The first-order valence-corrected chi connectivity index (χ1v) is 5.05. The first kappa shape index (κ1) is 9.48. The van der Waals surface area contributed by atoms with Crippen molar-refractivity contribution in [2.45, 2.75) is 4.90 Å². The Morgan fingerprint density at radius 3 is 2.67 bits per heavy atom. The van der Waals surface area contributed by atoms with Gasteiger partial charge >= 0.3 is 0 Å². The van der Waals surface area contributed by atoms with Crippen LogP contribution in [-0.4, -0.2) is 11.3 Å². The van der Waals surface area contributed by atoms with Crippen LogP contribution in [0.3, 0.4) is 0 Å². The number of ether oxygens (including phenoxy) is 1. The molecular weight excluding hydrogens is 203 g/mol. The predicted molar refractivity (Wildman–Crippen MR) is 45.2 cm³/mol. The van der Waals surface area contributed by atoms with Crippen molar-refractivity contribution in [2.75, 3.05) is 7.11 Å². The van der Waals surface area contributed by atoms with Crippen molar-refractivity contribution < 1.29 is 13.3 Å². The van der Waals surface area contributed by atoms with Crippen molar-refractivity contribution in [1.29, 1.82) is 0 Å². The molecule has 0 saturated heterocycles. The third-order valence-corrected chi connectivity index (χ3v) is 2.47. The third-order valence-electron chi connectivity index (χ3n) is 1.31. The van der Waals surface area contributed by atoms with Crippen LogP contribution < -0.4 is 4.74 Å². The molecule has 0 saturated carbocycles. The fourth-order valence-electron chi connectivity index (χ4n) is 0.814. The highest BCUT2D eigenvalue weighted by Crippen LogP contribution is 2.26. The summed E-state index contributed by atoms with van der Waals surface area (Å²) in [6.07, 6.45) is 0. The molecule has 1 rings (SSSR count). The number of para-hydroxylation sites is 1. The quantitative estimate of drug-likeness (QED) is 0.696. The molecule has 0 radical (unpaired) electrons. The molecule has 66 valence electrons. The smallest absolute Gasteiger partial charge is 0.171 e. The molecule has 0 amide bonds. The molecule has 0 aliphatic rings. The van der Waals surface area contributed by atoms with Gasteiger partial charge in [0.2, 0.25) is 0 Å². The molecule has 0 aliphatic carbocycles. The number of hydrogen-bond acceptors (Lipinski definition) is 2. The van der Waals surface area contributed by atoms with Gasteiger partial charge in [-0.15, -0.1) is 0 Å². The molecule has 0 heterocycles. The topological polar surface area (TPSA) is 26.3 Å². The van der Waals surface area contributed by atoms with Crippen LogP contribution >= 0.6 is 10.7 Å². The average Bonchev–Trinajstić information content (AvgIpc) is 2.03. The maximum absolute atomic E-state index is 12.9. The van der Waals surface area contributed by atoms with Crippen molar-refractivity contribution in [2.24, 2.45) is 0 Å². The first-order valence-electron chi connectivity index (χ1n) is 3.07. The fourth-order valence-corrected chi connectivity index (χ4v) is 1.69. The van der Waals surface area contributed by atoms with Crippen LogP contribution in [0.2, 0.25) is 0 Å². The van der Waals surface area contributed by atoms with Crippen LogP contribution in [0.15, 0.2) is 23.1 Å². The van der Waals surface area contributed by atoms with Gasteiger partial charge in [0.1, 0.15) is 0 Å². The van der Waals surface area contributed by atoms with E-state index in [4.69, 9.17) is 10.7 Å². The minimum atomic E-state index is -1.74. The van der Waals surface area contributed by atoms with E-state index < -0.39 is 15.8 Å². The van der Waals surface area contributed by atoms with E-state index in [2.05, 4.69) is 4.74 Å². The van der Waals surface area contributed by atoms with E-state index in [1.807, 2.05) is 0 Å². The lowest BCUT2D eigenvalue weighted by atomic mass is 10.3. The maximum atomic E-state index is 12.9. The number of methoxy groups -OCH3 is 1. The molecule has 0 fully saturated rings. The van der Waals surface area contributed by atoms with Gasteiger partial charge in [-0.1, -0.05) is 6.07 Å². The molecular formula is C7H6ClFO2S. The van der Waals surface area contributed by atoms with Crippen LogP contribution in [-0.2, 0) is 10.0 Å². The second kappa shape index (κ2) is 3.87. The first-order chi connectivity index (χ1) is 5.66. The van der Waals surface area contributed by atoms with Crippen LogP contribution in [0.1, 0.15) is 0 Å². The lowest BCUT2D eigenvalue weighted by Crippen LogP contribution is -1.93. The predicted octanol–water partition coefficient (Wildman–Crippen LogP) is 2.10. The number of hydrogen-bond donors (Lipinski definition) is 0. The molecule has 0 bridgehead atoms. The lowest BCUT2D eigenvalue weighted by molar-refractivity contribution is 0.375. The second-order valence-electron chi connectivity index (χ2n) is 1.99. The Balaban J connectivity index is 3.27. The van der Waals surface area contributed by atoms with E-state index in [-0.39, 0.29) is 10.6 Å². The zero-order valence-corrected chi connectivity index (χ0v) is 7.79. The zero-order chi connectivity index (χ0) is 9.14. The number of rotatable bonds is 2. The monoisotopic (exact) mass is 208 g/mol. The van der Waals surface area contributed by atoms with Gasteiger partial charge < -0.3 is 4.74 Å².